The Morgan fingerprint density at radius 1 is 1.10 bits per heavy atom. The molecule has 1 aliphatic heterocycles. The number of benzene rings is 2. The van der Waals surface area contributed by atoms with Crippen molar-refractivity contribution in [2.45, 2.75) is 20.8 Å². The number of amides is 1. The summed E-state index contributed by atoms with van der Waals surface area (Å²) in [6.45, 7) is 12.1. The van der Waals surface area contributed by atoms with Crippen molar-refractivity contribution in [3.05, 3.63) is 58.7 Å². The van der Waals surface area contributed by atoms with Gasteiger partial charge in [-0.25, -0.2) is 4.98 Å². The molecule has 0 spiro atoms. The number of thiazole rings is 1. The Labute approximate surface area is 176 Å². The summed E-state index contributed by atoms with van der Waals surface area (Å²) in [5.41, 5.74) is 5.54. The molecular formula is C23H29N4OS+. The number of quaternary nitrogens is 1. The average molecular weight is 410 g/mol. The Morgan fingerprint density at radius 3 is 2.62 bits per heavy atom. The first-order chi connectivity index (χ1) is 14.0. The summed E-state index contributed by atoms with van der Waals surface area (Å²) in [6, 6.07) is 12.1. The van der Waals surface area contributed by atoms with Crippen LogP contribution in [0.2, 0.25) is 0 Å². The lowest BCUT2D eigenvalue weighted by Gasteiger charge is -2.32. The maximum absolute atomic E-state index is 12.3. The van der Waals surface area contributed by atoms with Crippen LogP contribution in [-0.4, -0.2) is 50.2 Å². The monoisotopic (exact) mass is 409 g/mol. The molecule has 1 amide bonds. The molecule has 1 aromatic heterocycles. The van der Waals surface area contributed by atoms with Crippen molar-refractivity contribution in [2.75, 3.05) is 44.2 Å². The summed E-state index contributed by atoms with van der Waals surface area (Å²) in [6.07, 6.45) is 0. The molecule has 0 radical (unpaired) electrons. The average Bonchev–Trinajstić information content (AvgIpc) is 3.17. The number of nitrogens with one attached hydrogen (secondary N) is 2. The number of anilines is 1. The number of carbonyl (C=O) groups is 1. The number of aryl methyl sites for hydroxylation is 3. The van der Waals surface area contributed by atoms with Gasteiger partial charge in [-0.05, 0) is 49.6 Å². The van der Waals surface area contributed by atoms with E-state index in [1.165, 1.54) is 15.8 Å². The molecule has 0 bridgehead atoms. The molecule has 6 heteroatoms. The lowest BCUT2D eigenvalue weighted by molar-refractivity contribution is -0.899. The van der Waals surface area contributed by atoms with E-state index in [0.29, 0.717) is 6.54 Å². The Kier molecular flexibility index (Phi) is 5.83. The van der Waals surface area contributed by atoms with Gasteiger partial charge in [0.2, 0.25) is 0 Å². The van der Waals surface area contributed by atoms with Gasteiger partial charge in [-0.3, -0.25) is 4.79 Å². The summed E-state index contributed by atoms with van der Waals surface area (Å²) in [5, 5.41) is 4.22. The predicted octanol–water partition coefficient (Wildman–Crippen LogP) is 2.36. The Bertz CT molecular complexity index is 1020. The molecule has 0 atom stereocenters. The zero-order valence-electron chi connectivity index (χ0n) is 17.4. The van der Waals surface area contributed by atoms with Gasteiger partial charge in [0.15, 0.2) is 5.13 Å². The topological polar surface area (TPSA) is 49.7 Å². The van der Waals surface area contributed by atoms with Gasteiger partial charge in [-0.1, -0.05) is 35.6 Å². The van der Waals surface area contributed by atoms with Crippen molar-refractivity contribution >= 4 is 32.6 Å². The Balaban J connectivity index is 1.28. The van der Waals surface area contributed by atoms with Crippen LogP contribution in [0, 0.1) is 20.8 Å². The lowest BCUT2D eigenvalue weighted by atomic mass is 10.1. The van der Waals surface area contributed by atoms with Crippen LogP contribution >= 0.6 is 11.3 Å². The van der Waals surface area contributed by atoms with Gasteiger partial charge in [-0.15, -0.1) is 0 Å². The van der Waals surface area contributed by atoms with Crippen LogP contribution in [0.25, 0.3) is 10.2 Å². The molecule has 2 aromatic carbocycles. The van der Waals surface area contributed by atoms with Gasteiger partial charge in [0.25, 0.3) is 5.91 Å². The van der Waals surface area contributed by atoms with Crippen LogP contribution in [-0.2, 0) is 0 Å². The van der Waals surface area contributed by atoms with Crippen LogP contribution in [0.3, 0.4) is 0 Å². The maximum atomic E-state index is 12.3. The number of aromatic nitrogens is 1. The van der Waals surface area contributed by atoms with Gasteiger partial charge in [-0.2, -0.15) is 0 Å². The predicted molar refractivity (Wildman–Crippen MR) is 120 cm³/mol. The molecule has 152 valence electrons. The second kappa shape index (κ2) is 8.51. The van der Waals surface area contributed by atoms with Crippen LogP contribution in [0.5, 0.6) is 0 Å². The van der Waals surface area contributed by atoms with Gasteiger partial charge in [0, 0.05) is 5.56 Å². The molecule has 1 fully saturated rings. The molecule has 4 rings (SSSR count). The first-order valence-electron chi connectivity index (χ1n) is 10.3. The number of hydrogen-bond donors (Lipinski definition) is 2. The third-order valence-electron chi connectivity index (χ3n) is 5.97. The van der Waals surface area contributed by atoms with Crippen molar-refractivity contribution in [3.8, 4) is 0 Å². The lowest BCUT2D eigenvalue weighted by Crippen LogP contribution is -3.15. The summed E-state index contributed by atoms with van der Waals surface area (Å²) in [7, 11) is 0. The summed E-state index contributed by atoms with van der Waals surface area (Å²) >= 11 is 1.80. The standard InChI is InChI=1S/C23H28N4OS/c1-16-8-9-20-21(18(16)3)25-23(29-20)27-14-12-26(13-15-27)11-10-24-22(28)19-7-5-4-6-17(19)2/h4-9H,10-15H2,1-3H3,(H,24,28)/p+1. The quantitative estimate of drug-likeness (QED) is 0.680. The van der Waals surface area contributed by atoms with Crippen molar-refractivity contribution in [1.82, 2.24) is 10.3 Å². The fourth-order valence-electron chi connectivity index (χ4n) is 3.89. The van der Waals surface area contributed by atoms with Crippen LogP contribution in [0.1, 0.15) is 27.0 Å². The third-order valence-corrected chi connectivity index (χ3v) is 7.05. The van der Waals surface area contributed by atoms with Crippen LogP contribution in [0.15, 0.2) is 36.4 Å². The molecule has 5 nitrogen and oxygen atoms in total. The largest absolute Gasteiger partial charge is 0.346 e. The molecule has 1 saturated heterocycles. The maximum Gasteiger partial charge on any atom is 0.251 e. The minimum absolute atomic E-state index is 0.0290. The molecule has 3 aromatic rings. The van der Waals surface area contributed by atoms with E-state index in [4.69, 9.17) is 4.98 Å². The fourth-order valence-corrected chi connectivity index (χ4v) is 4.97. The van der Waals surface area contributed by atoms with E-state index >= 15 is 0 Å². The highest BCUT2D eigenvalue weighted by atomic mass is 32.1. The van der Waals surface area contributed by atoms with Gasteiger partial charge >= 0.3 is 0 Å². The zero-order valence-corrected chi connectivity index (χ0v) is 18.2. The van der Waals surface area contributed by atoms with Gasteiger partial charge < -0.3 is 15.1 Å². The van der Waals surface area contributed by atoms with E-state index in [9.17, 15) is 4.79 Å². The molecule has 2 N–H and O–H groups in total. The SMILES string of the molecule is Cc1ccccc1C(=O)NCC[NH+]1CCN(c2nc3c(C)c(C)ccc3s2)CC1. The Hall–Kier alpha value is -2.44. The Morgan fingerprint density at radius 2 is 1.86 bits per heavy atom. The highest BCUT2D eigenvalue weighted by molar-refractivity contribution is 7.22. The van der Waals surface area contributed by atoms with E-state index in [1.807, 2.05) is 31.2 Å². The summed E-state index contributed by atoms with van der Waals surface area (Å²) in [5.74, 6) is 0.0290. The van der Waals surface area contributed by atoms with E-state index < -0.39 is 0 Å². The van der Waals surface area contributed by atoms with E-state index in [-0.39, 0.29) is 5.91 Å². The number of piperazine rings is 1. The van der Waals surface area contributed by atoms with Crippen LogP contribution < -0.4 is 15.1 Å². The first kappa shape index (κ1) is 19.9. The van der Waals surface area contributed by atoms with Crippen molar-refractivity contribution < 1.29 is 9.69 Å². The number of hydrogen-bond acceptors (Lipinski definition) is 4. The number of nitrogens with zero attached hydrogens (tertiary/aromatic N) is 2. The van der Waals surface area contributed by atoms with Crippen LogP contribution in [0.4, 0.5) is 5.13 Å². The highest BCUT2D eigenvalue weighted by Gasteiger charge is 2.23. The molecule has 29 heavy (non-hydrogen) atoms. The first-order valence-corrected chi connectivity index (χ1v) is 11.1. The highest BCUT2D eigenvalue weighted by Crippen LogP contribution is 2.31. The molecule has 0 saturated carbocycles. The van der Waals surface area contributed by atoms with Gasteiger partial charge in [0.05, 0.1) is 49.5 Å². The number of fused-ring (bicyclic) bond motifs is 1. The fraction of sp³-hybridized carbons (Fsp3) is 0.391. The van der Waals surface area contributed by atoms with Crippen molar-refractivity contribution in [3.63, 3.8) is 0 Å². The number of carbonyl (C=O) groups excluding carboxylic acids is 1. The van der Waals surface area contributed by atoms with Crippen molar-refractivity contribution in [2.24, 2.45) is 0 Å². The van der Waals surface area contributed by atoms with E-state index in [1.54, 1.807) is 16.2 Å². The second-order valence-corrected chi connectivity index (χ2v) is 8.92. The molecule has 0 aliphatic carbocycles. The molecule has 1 aliphatic rings. The van der Waals surface area contributed by atoms with E-state index in [0.717, 1.165) is 54.5 Å². The van der Waals surface area contributed by atoms with E-state index in [2.05, 4.69) is 36.2 Å². The van der Waals surface area contributed by atoms with Crippen molar-refractivity contribution in [1.29, 1.82) is 0 Å². The molecular weight excluding hydrogens is 380 g/mol. The smallest absolute Gasteiger partial charge is 0.251 e. The number of rotatable bonds is 5. The summed E-state index contributed by atoms with van der Waals surface area (Å²) < 4.78 is 1.27. The third kappa shape index (κ3) is 4.28. The zero-order chi connectivity index (χ0) is 20.4. The minimum atomic E-state index is 0.0290. The second-order valence-electron chi connectivity index (χ2n) is 7.91. The molecule has 2 heterocycles. The van der Waals surface area contributed by atoms with Gasteiger partial charge in [0.1, 0.15) is 0 Å². The summed E-state index contributed by atoms with van der Waals surface area (Å²) in [4.78, 5) is 21.2. The normalized spacial score (nSPS) is 15.1. The minimum Gasteiger partial charge on any atom is -0.346 e. The molecule has 0 unspecified atom stereocenters.